The molecule has 0 saturated carbocycles. The molecule has 0 unspecified atom stereocenters. The minimum atomic E-state index is -5.14. The molecule has 0 spiro atoms. The van der Waals surface area contributed by atoms with Crippen LogP contribution in [0.1, 0.15) is 45.6 Å². The highest BCUT2D eigenvalue weighted by molar-refractivity contribution is 6.30. The van der Waals surface area contributed by atoms with Crippen molar-refractivity contribution in [3.05, 3.63) is 88.0 Å². The lowest BCUT2D eigenvalue weighted by Crippen LogP contribution is -2.43. The Kier molecular flexibility index (Phi) is 6.77. The summed E-state index contributed by atoms with van der Waals surface area (Å²) in [6.45, 7) is 0. The fraction of sp³-hybridized carbons (Fsp3) is 0.208. The Morgan fingerprint density at radius 1 is 1.22 bits per heavy atom. The number of amides is 2. The smallest absolute Gasteiger partial charge is 0.504 e. The van der Waals surface area contributed by atoms with Crippen LogP contribution in [0.4, 0.5) is 17.6 Å². The molecule has 36 heavy (non-hydrogen) atoms. The van der Waals surface area contributed by atoms with E-state index < -0.39 is 53.1 Å². The third-order valence-electron chi connectivity index (χ3n) is 5.79. The van der Waals surface area contributed by atoms with E-state index in [0.29, 0.717) is 5.56 Å². The minimum Gasteiger partial charge on any atom is -0.504 e. The van der Waals surface area contributed by atoms with Gasteiger partial charge in [-0.3, -0.25) is 14.6 Å². The summed E-state index contributed by atoms with van der Waals surface area (Å²) in [6.07, 6.45) is -2.07. The zero-order valence-corrected chi connectivity index (χ0v) is 19.1. The van der Waals surface area contributed by atoms with E-state index in [9.17, 15) is 32.3 Å². The quantitative estimate of drug-likeness (QED) is 0.450. The van der Waals surface area contributed by atoms with Gasteiger partial charge in [-0.25, -0.2) is 4.39 Å². The standard InChI is InChI=1S/C24H18ClF4N3O4/c25-13-9-16-14(17(26)10-13)6-7-18(16)32(20(22(30)34)12-3-2-8-31-11-12)23(35)15-4-1-5-19(21(15)33)36-24(27,28)29/h1-5,8-11,18,20,33H,6-7H2,(H2,30,34)/t18-,20-/m1/s1. The third kappa shape index (κ3) is 4.92. The molecule has 1 heterocycles. The number of rotatable bonds is 6. The van der Waals surface area contributed by atoms with Crippen LogP contribution < -0.4 is 10.5 Å². The molecular formula is C24H18ClF4N3O4. The average molecular weight is 524 g/mol. The highest BCUT2D eigenvalue weighted by Gasteiger charge is 2.42. The molecule has 3 aromatic rings. The number of aromatic nitrogens is 1. The number of hydrogen-bond acceptors (Lipinski definition) is 5. The van der Waals surface area contributed by atoms with Gasteiger partial charge in [0, 0.05) is 23.0 Å². The number of primary amides is 1. The maximum atomic E-state index is 14.6. The van der Waals surface area contributed by atoms with Crippen molar-refractivity contribution in [2.24, 2.45) is 5.73 Å². The Bertz CT molecular complexity index is 1320. The summed E-state index contributed by atoms with van der Waals surface area (Å²) in [5.41, 5.74) is 5.90. The molecule has 7 nitrogen and oxygen atoms in total. The molecule has 0 fully saturated rings. The number of benzene rings is 2. The first-order chi connectivity index (χ1) is 17.0. The van der Waals surface area contributed by atoms with Gasteiger partial charge in [0.05, 0.1) is 11.6 Å². The van der Waals surface area contributed by atoms with Crippen LogP contribution in [0.3, 0.4) is 0 Å². The van der Waals surface area contributed by atoms with Gasteiger partial charge in [0.1, 0.15) is 11.9 Å². The van der Waals surface area contributed by atoms with Gasteiger partial charge in [-0.2, -0.15) is 0 Å². The van der Waals surface area contributed by atoms with Crippen LogP contribution >= 0.6 is 11.6 Å². The second kappa shape index (κ2) is 9.65. The maximum absolute atomic E-state index is 14.6. The molecule has 1 aliphatic carbocycles. The first-order valence-corrected chi connectivity index (χ1v) is 10.9. The van der Waals surface area contributed by atoms with E-state index in [1.165, 1.54) is 30.6 Å². The number of nitrogens with two attached hydrogens (primary N) is 1. The summed E-state index contributed by atoms with van der Waals surface area (Å²) in [5.74, 6) is -4.71. The monoisotopic (exact) mass is 523 g/mol. The molecule has 0 radical (unpaired) electrons. The number of aromatic hydroxyl groups is 1. The first-order valence-electron chi connectivity index (χ1n) is 10.6. The fourth-order valence-corrected chi connectivity index (χ4v) is 4.60. The molecule has 0 bridgehead atoms. The van der Waals surface area contributed by atoms with Crippen LogP contribution in [0.25, 0.3) is 0 Å². The lowest BCUT2D eigenvalue weighted by molar-refractivity contribution is -0.275. The molecule has 0 saturated heterocycles. The number of alkyl halides is 3. The van der Waals surface area contributed by atoms with Crippen LogP contribution in [0.15, 0.2) is 54.9 Å². The highest BCUT2D eigenvalue weighted by atomic mass is 35.5. The highest BCUT2D eigenvalue weighted by Crippen LogP contribution is 2.44. The number of carbonyl (C=O) groups is 2. The summed E-state index contributed by atoms with van der Waals surface area (Å²) in [5, 5.41) is 10.6. The van der Waals surface area contributed by atoms with E-state index in [2.05, 4.69) is 9.72 Å². The second-order valence-electron chi connectivity index (χ2n) is 8.01. The van der Waals surface area contributed by atoms with E-state index in [0.717, 1.165) is 29.2 Å². The molecule has 4 rings (SSSR count). The van der Waals surface area contributed by atoms with Crippen LogP contribution in [-0.2, 0) is 11.2 Å². The molecule has 2 atom stereocenters. The number of phenolic OH excluding ortho intramolecular Hbond substituents is 1. The van der Waals surface area contributed by atoms with Crippen molar-refractivity contribution in [2.45, 2.75) is 31.3 Å². The number of phenols is 1. The Hall–Kier alpha value is -3.86. The van der Waals surface area contributed by atoms with Crippen molar-refractivity contribution in [2.75, 3.05) is 0 Å². The predicted octanol–water partition coefficient (Wildman–Crippen LogP) is 4.83. The average Bonchev–Trinajstić information content (AvgIpc) is 3.21. The Balaban J connectivity index is 1.89. The maximum Gasteiger partial charge on any atom is 0.573 e. The molecule has 2 amide bonds. The topological polar surface area (TPSA) is 106 Å². The van der Waals surface area contributed by atoms with Crippen LogP contribution in [0.2, 0.25) is 5.02 Å². The number of hydrogen-bond donors (Lipinski definition) is 2. The second-order valence-corrected chi connectivity index (χ2v) is 8.45. The van der Waals surface area contributed by atoms with Crippen molar-refractivity contribution in [1.29, 1.82) is 0 Å². The zero-order chi connectivity index (χ0) is 26.2. The van der Waals surface area contributed by atoms with E-state index in [4.69, 9.17) is 17.3 Å². The number of carbonyl (C=O) groups excluding carboxylic acids is 2. The molecular weight excluding hydrogens is 506 g/mol. The molecule has 3 N–H and O–H groups in total. The lowest BCUT2D eigenvalue weighted by Gasteiger charge is -2.36. The van der Waals surface area contributed by atoms with Crippen molar-refractivity contribution >= 4 is 23.4 Å². The van der Waals surface area contributed by atoms with E-state index in [1.807, 2.05) is 0 Å². The SMILES string of the molecule is NC(=O)[C@@H](c1cccnc1)N(C(=O)c1cccc(OC(F)(F)F)c1O)[C@@H]1CCc2c(F)cc(Cl)cc21. The van der Waals surface area contributed by atoms with Gasteiger partial charge < -0.3 is 20.5 Å². The molecule has 188 valence electrons. The van der Waals surface area contributed by atoms with Crippen molar-refractivity contribution < 1.29 is 37.0 Å². The Labute approximate surface area is 207 Å². The summed E-state index contributed by atoms with van der Waals surface area (Å²) in [4.78, 5) is 31.5. The molecule has 2 aromatic carbocycles. The number of fused-ring (bicyclic) bond motifs is 1. The molecule has 1 aliphatic rings. The molecule has 12 heteroatoms. The summed E-state index contributed by atoms with van der Waals surface area (Å²) >= 11 is 6.05. The van der Waals surface area contributed by atoms with Gasteiger partial charge in [0.25, 0.3) is 5.91 Å². The summed E-state index contributed by atoms with van der Waals surface area (Å²) in [7, 11) is 0. The van der Waals surface area contributed by atoms with Crippen molar-refractivity contribution in [3.63, 3.8) is 0 Å². The van der Waals surface area contributed by atoms with Crippen LogP contribution in [0, 0.1) is 5.82 Å². The fourth-order valence-electron chi connectivity index (χ4n) is 4.39. The Morgan fingerprint density at radius 3 is 2.61 bits per heavy atom. The third-order valence-corrected chi connectivity index (χ3v) is 6.01. The van der Waals surface area contributed by atoms with E-state index >= 15 is 0 Å². The van der Waals surface area contributed by atoms with E-state index in [1.54, 1.807) is 0 Å². The van der Waals surface area contributed by atoms with Gasteiger partial charge in [0.2, 0.25) is 5.91 Å². The van der Waals surface area contributed by atoms with Crippen molar-refractivity contribution in [1.82, 2.24) is 9.88 Å². The number of ether oxygens (including phenoxy) is 1. The normalized spacial score (nSPS) is 15.8. The van der Waals surface area contributed by atoms with Crippen LogP contribution in [0.5, 0.6) is 11.5 Å². The van der Waals surface area contributed by atoms with Crippen molar-refractivity contribution in [3.8, 4) is 11.5 Å². The minimum absolute atomic E-state index is 0.0472. The lowest BCUT2D eigenvalue weighted by atomic mass is 9.98. The van der Waals surface area contributed by atoms with Crippen LogP contribution in [-0.4, -0.2) is 33.2 Å². The number of nitrogens with zero attached hydrogens (tertiary/aromatic N) is 2. The number of halogens is 5. The van der Waals surface area contributed by atoms with Gasteiger partial charge in [-0.05, 0) is 54.3 Å². The van der Waals surface area contributed by atoms with Gasteiger partial charge in [0.15, 0.2) is 11.5 Å². The predicted molar refractivity (Wildman–Crippen MR) is 120 cm³/mol. The molecule has 0 aliphatic heterocycles. The van der Waals surface area contributed by atoms with Gasteiger partial charge >= 0.3 is 6.36 Å². The largest absolute Gasteiger partial charge is 0.573 e. The summed E-state index contributed by atoms with van der Waals surface area (Å²) in [6, 6.07) is 6.12. The van der Waals surface area contributed by atoms with Gasteiger partial charge in [-0.15, -0.1) is 13.2 Å². The number of pyridine rings is 1. The summed E-state index contributed by atoms with van der Waals surface area (Å²) < 4.78 is 56.9. The Morgan fingerprint density at radius 2 is 1.97 bits per heavy atom. The van der Waals surface area contributed by atoms with E-state index in [-0.39, 0.29) is 29.0 Å². The zero-order valence-electron chi connectivity index (χ0n) is 18.3. The molecule has 1 aromatic heterocycles. The first kappa shape index (κ1) is 25.2. The van der Waals surface area contributed by atoms with Gasteiger partial charge in [-0.1, -0.05) is 23.7 Å². The number of para-hydroxylation sites is 1.